The van der Waals surface area contributed by atoms with Gasteiger partial charge in [0.1, 0.15) is 12.1 Å². The summed E-state index contributed by atoms with van der Waals surface area (Å²) >= 11 is 0. The van der Waals surface area contributed by atoms with Crippen LogP contribution < -0.4 is 15.0 Å². The van der Waals surface area contributed by atoms with Crippen LogP contribution in [0, 0.1) is 0 Å². The third-order valence-corrected chi connectivity index (χ3v) is 11.4. The van der Waals surface area contributed by atoms with E-state index in [1.807, 2.05) is 36.8 Å². The van der Waals surface area contributed by atoms with Crippen LogP contribution in [0.5, 0.6) is 5.88 Å². The van der Waals surface area contributed by atoms with E-state index in [9.17, 15) is 19.2 Å². The van der Waals surface area contributed by atoms with E-state index < -0.39 is 23.8 Å². The SMILES string of the molecule is Cn1c2ccncc2c2ccc(-c3ccc(OC4CC(OCCCN5CCN(c6ccc7c(c6)C(=O)N(C6CCC(=O)NC6=O)C7=O)CC5)C4)nc3)cc21. The fourth-order valence-corrected chi connectivity index (χ4v) is 8.20. The van der Waals surface area contributed by atoms with Gasteiger partial charge in [-0.25, -0.2) is 4.98 Å². The minimum absolute atomic E-state index is 0.0982. The molecule has 3 aromatic heterocycles. The number of aromatic nitrogens is 3. The Hall–Kier alpha value is -5.66. The van der Waals surface area contributed by atoms with E-state index in [1.165, 1.54) is 5.39 Å². The molecule has 4 aliphatic rings. The number of fused-ring (bicyclic) bond motifs is 4. The van der Waals surface area contributed by atoms with Crippen molar-refractivity contribution in [3.63, 3.8) is 0 Å². The summed E-state index contributed by atoms with van der Waals surface area (Å²) in [5, 5.41) is 4.58. The number of anilines is 1. The van der Waals surface area contributed by atoms with Crippen molar-refractivity contribution < 1.29 is 28.7 Å². The van der Waals surface area contributed by atoms with Crippen molar-refractivity contribution in [1.82, 2.24) is 29.7 Å². The molecular weight excluding hydrogens is 686 g/mol. The van der Waals surface area contributed by atoms with Crippen molar-refractivity contribution >= 4 is 51.1 Å². The number of carbonyl (C=O) groups is 4. The van der Waals surface area contributed by atoms with E-state index in [2.05, 4.69) is 61.0 Å². The van der Waals surface area contributed by atoms with Gasteiger partial charge in [0.05, 0.1) is 22.7 Å². The highest BCUT2D eigenvalue weighted by molar-refractivity contribution is 6.23. The Balaban J connectivity index is 0.693. The summed E-state index contributed by atoms with van der Waals surface area (Å²) in [4.78, 5) is 64.8. The molecule has 276 valence electrons. The van der Waals surface area contributed by atoms with E-state index in [-0.39, 0.29) is 31.0 Å². The highest BCUT2D eigenvalue weighted by Crippen LogP contribution is 2.34. The first-order valence-electron chi connectivity index (χ1n) is 18.7. The Morgan fingerprint density at radius 3 is 2.43 bits per heavy atom. The van der Waals surface area contributed by atoms with E-state index in [1.54, 1.807) is 12.1 Å². The smallest absolute Gasteiger partial charge is 0.262 e. The van der Waals surface area contributed by atoms with Crippen LogP contribution in [-0.2, 0) is 21.4 Å². The third kappa shape index (κ3) is 6.26. The minimum atomic E-state index is -0.964. The summed E-state index contributed by atoms with van der Waals surface area (Å²) in [6, 6.07) is 16.9. The van der Waals surface area contributed by atoms with Crippen molar-refractivity contribution in [3.05, 3.63) is 84.3 Å². The number of piperazine rings is 1. The van der Waals surface area contributed by atoms with Crippen molar-refractivity contribution in [2.24, 2.45) is 7.05 Å². The van der Waals surface area contributed by atoms with E-state index in [0.717, 1.165) is 90.1 Å². The average molecular weight is 728 g/mol. The topological polar surface area (TPSA) is 139 Å². The molecule has 0 radical (unpaired) electrons. The Bertz CT molecular complexity index is 2290. The van der Waals surface area contributed by atoms with Crippen LogP contribution in [0.4, 0.5) is 5.69 Å². The minimum Gasteiger partial charge on any atom is -0.474 e. The summed E-state index contributed by atoms with van der Waals surface area (Å²) in [7, 11) is 2.08. The number of hydrogen-bond acceptors (Lipinski definition) is 10. The van der Waals surface area contributed by atoms with Crippen LogP contribution in [0.25, 0.3) is 32.9 Å². The maximum atomic E-state index is 13.2. The standard InChI is InChI=1S/C41H41N7O6/c1-45-34-11-12-42-24-33(34)30-6-3-25(19-36(30)45)26-4-10-38(43-23-26)54-29-21-28(22-29)53-18-2-13-46-14-16-47(17-15-46)27-5-7-31-32(20-27)41(52)48(40(31)51)35-8-9-37(49)44-39(35)50/h3-7,10-12,19-20,23-24,28-29,35H,2,8-9,13-18,21-22H2,1H3,(H,44,49,50). The summed E-state index contributed by atoms with van der Waals surface area (Å²) in [5.41, 5.74) is 5.96. The van der Waals surface area contributed by atoms with E-state index in [4.69, 9.17) is 9.47 Å². The Morgan fingerprint density at radius 1 is 0.815 bits per heavy atom. The van der Waals surface area contributed by atoms with Gasteiger partial charge in [-0.3, -0.25) is 39.3 Å². The second-order valence-corrected chi connectivity index (χ2v) is 14.6. The van der Waals surface area contributed by atoms with Crippen LogP contribution in [0.2, 0.25) is 0 Å². The molecule has 1 atom stereocenters. The average Bonchev–Trinajstić information content (AvgIpc) is 3.60. The van der Waals surface area contributed by atoms with Crippen LogP contribution in [0.1, 0.15) is 52.8 Å². The molecule has 4 amide bonds. The molecule has 6 heterocycles. The molecule has 1 aliphatic carbocycles. The van der Waals surface area contributed by atoms with Gasteiger partial charge in [-0.15, -0.1) is 0 Å². The fourth-order valence-electron chi connectivity index (χ4n) is 8.20. The molecule has 5 aromatic rings. The zero-order chi connectivity index (χ0) is 36.9. The Kier molecular flexibility index (Phi) is 8.82. The Labute approximate surface area is 311 Å². The first kappa shape index (κ1) is 34.1. The van der Waals surface area contributed by atoms with Gasteiger partial charge < -0.3 is 18.9 Å². The summed E-state index contributed by atoms with van der Waals surface area (Å²) in [6.07, 6.45) is 8.83. The third-order valence-electron chi connectivity index (χ3n) is 11.4. The molecule has 2 saturated heterocycles. The molecule has 1 unspecified atom stereocenters. The number of nitrogens with one attached hydrogen (secondary N) is 1. The number of hydrogen-bond donors (Lipinski definition) is 1. The largest absolute Gasteiger partial charge is 0.474 e. The van der Waals surface area contributed by atoms with Gasteiger partial charge >= 0.3 is 0 Å². The lowest BCUT2D eigenvalue weighted by Crippen LogP contribution is -2.54. The zero-order valence-electron chi connectivity index (χ0n) is 30.1. The van der Waals surface area contributed by atoms with Crippen LogP contribution in [0.3, 0.4) is 0 Å². The highest BCUT2D eigenvalue weighted by atomic mass is 16.5. The second kappa shape index (κ2) is 14.0. The number of amides is 4. The molecule has 13 heteroatoms. The van der Waals surface area contributed by atoms with Gasteiger partial charge in [0.25, 0.3) is 11.8 Å². The van der Waals surface area contributed by atoms with Gasteiger partial charge in [-0.2, -0.15) is 0 Å². The number of imide groups is 2. The van der Waals surface area contributed by atoms with Gasteiger partial charge in [-0.1, -0.05) is 12.1 Å². The van der Waals surface area contributed by atoms with Crippen molar-refractivity contribution in [2.45, 2.75) is 50.4 Å². The molecule has 0 spiro atoms. The van der Waals surface area contributed by atoms with Crippen LogP contribution in [0.15, 0.2) is 73.2 Å². The summed E-state index contributed by atoms with van der Waals surface area (Å²) < 4.78 is 14.5. The Morgan fingerprint density at radius 2 is 1.63 bits per heavy atom. The lowest BCUT2D eigenvalue weighted by atomic mass is 9.92. The molecule has 13 nitrogen and oxygen atoms in total. The zero-order valence-corrected chi connectivity index (χ0v) is 30.1. The molecule has 3 fully saturated rings. The number of benzene rings is 2. The summed E-state index contributed by atoms with van der Waals surface area (Å²) in [6.45, 7) is 5.01. The quantitative estimate of drug-likeness (QED) is 0.163. The first-order chi connectivity index (χ1) is 26.3. The fraction of sp³-hybridized carbons (Fsp3) is 0.366. The van der Waals surface area contributed by atoms with Gasteiger partial charge in [0.15, 0.2) is 0 Å². The highest BCUT2D eigenvalue weighted by Gasteiger charge is 2.45. The number of ether oxygens (including phenoxy) is 2. The first-order valence-corrected chi connectivity index (χ1v) is 18.7. The normalized spacial score (nSPS) is 21.8. The molecule has 2 aromatic carbocycles. The molecule has 9 rings (SSSR count). The van der Waals surface area contributed by atoms with Gasteiger partial charge in [0, 0.05) is 118 Å². The molecule has 0 bridgehead atoms. The van der Waals surface area contributed by atoms with E-state index >= 15 is 0 Å². The number of carbonyl (C=O) groups excluding carboxylic acids is 4. The molecule has 1 N–H and O–H groups in total. The lowest BCUT2D eigenvalue weighted by molar-refractivity contribution is -0.136. The van der Waals surface area contributed by atoms with Crippen molar-refractivity contribution in [3.8, 4) is 17.0 Å². The molecule has 54 heavy (non-hydrogen) atoms. The predicted molar refractivity (Wildman–Crippen MR) is 201 cm³/mol. The molecule has 1 saturated carbocycles. The number of aryl methyl sites for hydroxylation is 1. The second-order valence-electron chi connectivity index (χ2n) is 14.6. The number of piperidine rings is 1. The van der Waals surface area contributed by atoms with Crippen LogP contribution in [-0.4, -0.2) is 106 Å². The molecule has 3 aliphatic heterocycles. The monoisotopic (exact) mass is 727 g/mol. The predicted octanol–water partition coefficient (Wildman–Crippen LogP) is 4.33. The number of pyridine rings is 2. The van der Waals surface area contributed by atoms with Crippen molar-refractivity contribution in [1.29, 1.82) is 0 Å². The lowest BCUT2D eigenvalue weighted by Gasteiger charge is -2.37. The van der Waals surface area contributed by atoms with E-state index in [0.29, 0.717) is 23.6 Å². The maximum absolute atomic E-state index is 13.2. The number of nitrogens with zero attached hydrogens (tertiary/aromatic N) is 6. The van der Waals surface area contributed by atoms with Crippen LogP contribution >= 0.6 is 0 Å². The van der Waals surface area contributed by atoms with Crippen molar-refractivity contribution in [2.75, 3.05) is 44.2 Å². The molecular formula is C41H41N7O6. The summed E-state index contributed by atoms with van der Waals surface area (Å²) in [5.74, 6) is -1.33. The maximum Gasteiger partial charge on any atom is 0.262 e. The number of rotatable bonds is 10. The van der Waals surface area contributed by atoms with Gasteiger partial charge in [0.2, 0.25) is 17.7 Å². The van der Waals surface area contributed by atoms with Gasteiger partial charge in [-0.05, 0) is 54.8 Å².